The van der Waals surface area contributed by atoms with Gasteiger partial charge in [-0.25, -0.2) is 0 Å². The third-order valence-electron chi connectivity index (χ3n) is 4.00. The zero-order chi connectivity index (χ0) is 19.6. The van der Waals surface area contributed by atoms with Gasteiger partial charge in [-0.1, -0.05) is 33.3 Å². The van der Waals surface area contributed by atoms with Crippen molar-refractivity contribution in [2.45, 2.75) is 27.3 Å². The Morgan fingerprint density at radius 3 is 2.56 bits per heavy atom. The number of carbonyl (C=O) groups excluding carboxylic acids is 2. The quantitative estimate of drug-likeness (QED) is 0.558. The maximum Gasteiger partial charge on any atom is 0.326 e. The van der Waals surface area contributed by atoms with Gasteiger partial charge in [0.25, 0.3) is 5.91 Å². The van der Waals surface area contributed by atoms with Gasteiger partial charge in [0.05, 0.1) is 16.8 Å². The van der Waals surface area contributed by atoms with Crippen LogP contribution < -0.4 is 4.80 Å². The highest BCUT2D eigenvalue weighted by molar-refractivity contribution is 9.10. The van der Waals surface area contributed by atoms with E-state index in [2.05, 4.69) is 27.0 Å². The lowest BCUT2D eigenvalue weighted by atomic mass is 10.1. The molecule has 140 valence electrons. The predicted molar refractivity (Wildman–Crippen MR) is 110 cm³/mol. The number of fused-ring (bicyclic) bond motifs is 1. The van der Waals surface area contributed by atoms with Gasteiger partial charge in [-0.05, 0) is 62.2 Å². The molecule has 0 N–H and O–H groups in total. The first-order chi connectivity index (χ1) is 12.9. The molecule has 0 aliphatic heterocycles. The fraction of sp³-hybridized carbons (Fsp3) is 0.250. The van der Waals surface area contributed by atoms with E-state index in [1.165, 1.54) is 11.3 Å². The van der Waals surface area contributed by atoms with E-state index in [0.717, 1.165) is 25.8 Å². The van der Waals surface area contributed by atoms with Crippen molar-refractivity contribution in [2.24, 2.45) is 4.99 Å². The molecule has 0 radical (unpaired) electrons. The van der Waals surface area contributed by atoms with Gasteiger partial charge < -0.3 is 9.30 Å². The van der Waals surface area contributed by atoms with Crippen molar-refractivity contribution in [3.8, 4) is 0 Å². The van der Waals surface area contributed by atoms with Crippen LogP contribution in [-0.4, -0.2) is 23.1 Å². The van der Waals surface area contributed by atoms with Crippen LogP contribution in [-0.2, 0) is 16.1 Å². The first-order valence-corrected chi connectivity index (χ1v) is 10.1. The van der Waals surface area contributed by atoms with E-state index < -0.39 is 0 Å². The third-order valence-corrected chi connectivity index (χ3v) is 5.75. The molecule has 0 fully saturated rings. The van der Waals surface area contributed by atoms with Crippen LogP contribution in [0.3, 0.4) is 0 Å². The minimum Gasteiger partial charge on any atom is -0.465 e. The molecule has 1 amide bonds. The highest BCUT2D eigenvalue weighted by atomic mass is 79.9. The number of hydrogen-bond donors (Lipinski definition) is 0. The average molecular weight is 447 g/mol. The van der Waals surface area contributed by atoms with E-state index in [0.29, 0.717) is 17.0 Å². The van der Waals surface area contributed by atoms with Crippen LogP contribution in [0.25, 0.3) is 10.2 Å². The van der Waals surface area contributed by atoms with E-state index >= 15 is 0 Å². The molecule has 1 aromatic heterocycles. The Balaban J connectivity index is 2.15. The standard InChI is InChI=1S/C20H19BrN2O3S/c1-4-26-17(24)11-23-16-10-12(2)9-13(3)18(16)27-20(23)22-19(25)14-5-7-15(21)8-6-14/h5-10H,4,11H2,1-3H3. The second-order valence-electron chi connectivity index (χ2n) is 6.13. The van der Waals surface area contributed by atoms with Crippen molar-refractivity contribution >= 4 is 49.4 Å². The zero-order valence-corrected chi connectivity index (χ0v) is 17.7. The Bertz CT molecular complexity index is 1080. The topological polar surface area (TPSA) is 60.7 Å². The van der Waals surface area contributed by atoms with Gasteiger partial charge in [-0.15, -0.1) is 0 Å². The molecular weight excluding hydrogens is 428 g/mol. The fourth-order valence-corrected chi connectivity index (χ4v) is 4.17. The van der Waals surface area contributed by atoms with E-state index in [-0.39, 0.29) is 18.4 Å². The molecule has 5 nitrogen and oxygen atoms in total. The maximum absolute atomic E-state index is 12.6. The van der Waals surface area contributed by atoms with Crippen molar-refractivity contribution in [2.75, 3.05) is 6.61 Å². The number of nitrogens with zero attached hydrogens (tertiary/aromatic N) is 2. The molecule has 0 spiro atoms. The van der Waals surface area contributed by atoms with Crippen molar-refractivity contribution < 1.29 is 14.3 Å². The largest absolute Gasteiger partial charge is 0.465 e. The lowest BCUT2D eigenvalue weighted by Crippen LogP contribution is -2.23. The van der Waals surface area contributed by atoms with Gasteiger partial charge >= 0.3 is 5.97 Å². The number of thiazole rings is 1. The van der Waals surface area contributed by atoms with Crippen molar-refractivity contribution in [3.63, 3.8) is 0 Å². The minimum absolute atomic E-state index is 0.0170. The van der Waals surface area contributed by atoms with Crippen LogP contribution >= 0.6 is 27.3 Å². The molecule has 0 bridgehead atoms. The molecule has 0 aliphatic carbocycles. The normalized spacial score (nSPS) is 11.8. The Kier molecular flexibility index (Phi) is 5.92. The lowest BCUT2D eigenvalue weighted by molar-refractivity contribution is -0.143. The van der Waals surface area contributed by atoms with Crippen LogP contribution in [0.15, 0.2) is 45.9 Å². The SMILES string of the molecule is CCOC(=O)Cn1c(=NC(=O)c2ccc(Br)cc2)sc2c(C)cc(C)cc21. The summed E-state index contributed by atoms with van der Waals surface area (Å²) in [5.74, 6) is -0.699. The molecule has 0 aliphatic rings. The number of esters is 1. The summed E-state index contributed by atoms with van der Waals surface area (Å²) in [5.41, 5.74) is 3.55. The highest BCUT2D eigenvalue weighted by Gasteiger charge is 2.14. The predicted octanol–water partition coefficient (Wildman–Crippen LogP) is 4.39. The van der Waals surface area contributed by atoms with Gasteiger partial charge in [0.15, 0.2) is 4.80 Å². The number of halogens is 1. The molecule has 7 heteroatoms. The summed E-state index contributed by atoms with van der Waals surface area (Å²) in [6, 6.07) is 11.1. The Morgan fingerprint density at radius 2 is 1.89 bits per heavy atom. The number of carbonyl (C=O) groups is 2. The first-order valence-electron chi connectivity index (χ1n) is 8.50. The van der Waals surface area contributed by atoms with Crippen LogP contribution in [0.5, 0.6) is 0 Å². The van der Waals surface area contributed by atoms with Gasteiger partial charge in [0.2, 0.25) is 0 Å². The van der Waals surface area contributed by atoms with Crippen molar-refractivity contribution in [1.82, 2.24) is 4.57 Å². The summed E-state index contributed by atoms with van der Waals surface area (Å²) < 4.78 is 8.75. The highest BCUT2D eigenvalue weighted by Crippen LogP contribution is 2.23. The Morgan fingerprint density at radius 1 is 1.19 bits per heavy atom. The summed E-state index contributed by atoms with van der Waals surface area (Å²) in [4.78, 5) is 29.5. The molecule has 0 unspecified atom stereocenters. The van der Waals surface area contributed by atoms with Gasteiger partial charge in [-0.3, -0.25) is 9.59 Å². The Hall–Kier alpha value is -2.25. The molecule has 1 heterocycles. The molecule has 0 atom stereocenters. The summed E-state index contributed by atoms with van der Waals surface area (Å²) in [6.45, 7) is 6.11. The summed E-state index contributed by atoms with van der Waals surface area (Å²) >= 11 is 4.76. The zero-order valence-electron chi connectivity index (χ0n) is 15.3. The van der Waals surface area contributed by atoms with Crippen molar-refractivity contribution in [3.05, 3.63) is 62.4 Å². The summed E-state index contributed by atoms with van der Waals surface area (Å²) in [7, 11) is 0. The fourth-order valence-electron chi connectivity index (χ4n) is 2.83. The lowest BCUT2D eigenvalue weighted by Gasteiger charge is -2.06. The number of benzene rings is 2. The number of rotatable bonds is 4. The minimum atomic E-state index is -0.353. The van der Waals surface area contributed by atoms with E-state index in [1.54, 1.807) is 35.8 Å². The first kappa shape index (κ1) is 19.5. The Labute approximate surface area is 169 Å². The second-order valence-corrected chi connectivity index (χ2v) is 8.02. The average Bonchev–Trinajstić information content (AvgIpc) is 2.93. The number of hydrogen-bond acceptors (Lipinski definition) is 4. The summed E-state index contributed by atoms with van der Waals surface area (Å²) in [5, 5.41) is 0. The molecule has 0 saturated heterocycles. The molecule has 2 aromatic carbocycles. The smallest absolute Gasteiger partial charge is 0.326 e. The van der Waals surface area contributed by atoms with E-state index in [1.807, 2.05) is 19.9 Å². The van der Waals surface area contributed by atoms with Gasteiger partial charge in [-0.2, -0.15) is 4.99 Å². The number of amides is 1. The molecular formula is C20H19BrN2O3S. The van der Waals surface area contributed by atoms with Crippen LogP contribution in [0, 0.1) is 13.8 Å². The van der Waals surface area contributed by atoms with Crippen LogP contribution in [0.1, 0.15) is 28.4 Å². The number of aromatic nitrogens is 1. The third kappa shape index (κ3) is 4.36. The van der Waals surface area contributed by atoms with E-state index in [4.69, 9.17) is 4.74 Å². The molecule has 27 heavy (non-hydrogen) atoms. The monoisotopic (exact) mass is 446 g/mol. The molecule has 3 rings (SSSR count). The van der Waals surface area contributed by atoms with Crippen molar-refractivity contribution in [1.29, 1.82) is 0 Å². The number of aryl methyl sites for hydroxylation is 2. The maximum atomic E-state index is 12.6. The van der Waals surface area contributed by atoms with Crippen LogP contribution in [0.4, 0.5) is 0 Å². The summed E-state index contributed by atoms with van der Waals surface area (Å²) in [6.07, 6.45) is 0. The molecule has 3 aromatic rings. The second kappa shape index (κ2) is 8.19. The van der Waals surface area contributed by atoms with E-state index in [9.17, 15) is 9.59 Å². The van der Waals surface area contributed by atoms with Crippen LogP contribution in [0.2, 0.25) is 0 Å². The number of ether oxygens (including phenoxy) is 1. The van der Waals surface area contributed by atoms with Gasteiger partial charge in [0.1, 0.15) is 6.54 Å². The molecule has 0 saturated carbocycles. The van der Waals surface area contributed by atoms with Gasteiger partial charge in [0, 0.05) is 10.0 Å².